The minimum absolute atomic E-state index is 0.0351. The third kappa shape index (κ3) is 6.80. The monoisotopic (exact) mass is 600 g/mol. The summed E-state index contributed by atoms with van der Waals surface area (Å²) in [5.74, 6) is 1.82. The molecule has 4 unspecified atom stereocenters. The molecule has 1 aliphatic carbocycles. The lowest BCUT2D eigenvalue weighted by molar-refractivity contribution is -0.118. The van der Waals surface area contributed by atoms with Gasteiger partial charge >= 0.3 is 0 Å². The lowest BCUT2D eigenvalue weighted by atomic mass is 10.0. The molecule has 0 bridgehead atoms. The predicted octanol–water partition coefficient (Wildman–Crippen LogP) is 6.31. The molecular weight excluding hydrogens is 560 g/mol. The minimum Gasteiger partial charge on any atom is -0.489 e. The first kappa shape index (κ1) is 29.3. The molecule has 4 atom stereocenters. The lowest BCUT2D eigenvalue weighted by Gasteiger charge is -2.12. The summed E-state index contributed by atoms with van der Waals surface area (Å²) in [6.45, 7) is 2.33. The number of anilines is 2. The van der Waals surface area contributed by atoms with Crippen molar-refractivity contribution in [1.29, 1.82) is 0 Å². The van der Waals surface area contributed by atoms with Gasteiger partial charge in [0.05, 0.1) is 12.1 Å². The van der Waals surface area contributed by atoms with Crippen LogP contribution in [0.2, 0.25) is 0 Å². The van der Waals surface area contributed by atoms with Crippen molar-refractivity contribution in [2.24, 2.45) is 0 Å². The SMILES string of the molecule is O=C(Nc1ccc(C2C(c3ccc(NC(=O)C4CCCN4)cc3)C2c2ccc(OCc3ccccc3)cc2)cc1)C1CCCN1. The Hall–Kier alpha value is -4.46. The Kier molecular flexibility index (Phi) is 8.63. The van der Waals surface area contributed by atoms with Crippen LogP contribution in [-0.4, -0.2) is 37.0 Å². The molecule has 7 nitrogen and oxygen atoms in total. The Morgan fingerprint density at radius 3 is 1.47 bits per heavy atom. The van der Waals surface area contributed by atoms with Gasteiger partial charge in [-0.05, 0) is 115 Å². The van der Waals surface area contributed by atoms with E-state index < -0.39 is 0 Å². The van der Waals surface area contributed by atoms with Gasteiger partial charge in [0.1, 0.15) is 12.4 Å². The summed E-state index contributed by atoms with van der Waals surface area (Å²) >= 11 is 0. The van der Waals surface area contributed by atoms with Crippen LogP contribution in [-0.2, 0) is 16.2 Å². The van der Waals surface area contributed by atoms with Crippen molar-refractivity contribution in [2.75, 3.05) is 23.7 Å². The van der Waals surface area contributed by atoms with Gasteiger partial charge in [0.2, 0.25) is 11.8 Å². The summed E-state index contributed by atoms with van der Waals surface area (Å²) in [5, 5.41) is 12.7. The van der Waals surface area contributed by atoms with E-state index in [0.29, 0.717) is 24.4 Å². The van der Waals surface area contributed by atoms with Crippen molar-refractivity contribution < 1.29 is 14.3 Å². The number of rotatable bonds is 10. The highest BCUT2D eigenvalue weighted by atomic mass is 16.5. The van der Waals surface area contributed by atoms with Crippen LogP contribution in [0, 0.1) is 0 Å². The summed E-state index contributed by atoms with van der Waals surface area (Å²) in [6, 6.07) is 35.1. The molecule has 0 aromatic heterocycles. The first-order chi connectivity index (χ1) is 22.1. The molecule has 1 saturated carbocycles. The Morgan fingerprint density at radius 1 is 0.600 bits per heavy atom. The standard InChI is InChI=1S/C38H40N4O3/c43-37(32-8-4-22-39-32)41-29-16-10-26(11-17-29)34-35(27-12-18-30(19-13-27)42-38(44)33-9-5-23-40-33)36(34)28-14-20-31(21-15-28)45-24-25-6-2-1-3-7-25/h1-3,6-7,10-21,32-36,39-40H,4-5,8-9,22-24H2,(H,41,43)(H,42,44). The van der Waals surface area contributed by atoms with Gasteiger partial charge in [0.15, 0.2) is 0 Å². The van der Waals surface area contributed by atoms with Crippen molar-refractivity contribution in [1.82, 2.24) is 10.6 Å². The van der Waals surface area contributed by atoms with E-state index in [1.165, 1.54) is 16.7 Å². The molecule has 4 N–H and O–H groups in total. The second kappa shape index (κ2) is 13.3. The minimum atomic E-state index is -0.108. The molecule has 4 aromatic rings. The van der Waals surface area contributed by atoms with Crippen LogP contribution in [0.1, 0.15) is 65.7 Å². The van der Waals surface area contributed by atoms with E-state index in [9.17, 15) is 9.59 Å². The molecule has 3 aliphatic rings. The van der Waals surface area contributed by atoms with Gasteiger partial charge in [-0.1, -0.05) is 66.7 Å². The largest absolute Gasteiger partial charge is 0.489 e. The molecule has 2 heterocycles. The second-order valence-corrected chi connectivity index (χ2v) is 12.4. The molecule has 4 aromatic carbocycles. The van der Waals surface area contributed by atoms with Crippen LogP contribution in [0.25, 0.3) is 0 Å². The van der Waals surface area contributed by atoms with E-state index in [2.05, 4.69) is 81.9 Å². The Balaban J connectivity index is 1.08. The van der Waals surface area contributed by atoms with Gasteiger partial charge < -0.3 is 26.0 Å². The van der Waals surface area contributed by atoms with Gasteiger partial charge in [-0.2, -0.15) is 0 Å². The molecule has 45 heavy (non-hydrogen) atoms. The van der Waals surface area contributed by atoms with Gasteiger partial charge in [0.25, 0.3) is 0 Å². The summed E-state index contributed by atoms with van der Waals surface area (Å²) in [4.78, 5) is 25.3. The van der Waals surface area contributed by atoms with Crippen molar-refractivity contribution >= 4 is 23.2 Å². The normalized spacial score (nSPS) is 23.8. The number of amides is 2. The van der Waals surface area contributed by atoms with E-state index in [-0.39, 0.29) is 23.9 Å². The average molecular weight is 601 g/mol. The third-order valence-electron chi connectivity index (χ3n) is 9.41. The fourth-order valence-electron chi connectivity index (χ4n) is 6.93. The number of nitrogens with one attached hydrogen (secondary N) is 4. The molecule has 3 fully saturated rings. The summed E-state index contributed by atoms with van der Waals surface area (Å²) in [5.41, 5.74) is 6.55. The molecule has 2 saturated heterocycles. The summed E-state index contributed by atoms with van der Waals surface area (Å²) in [6.07, 6.45) is 3.83. The summed E-state index contributed by atoms with van der Waals surface area (Å²) in [7, 11) is 0. The highest BCUT2D eigenvalue weighted by molar-refractivity contribution is 5.95. The Bertz CT molecular complexity index is 1510. The number of hydrogen-bond donors (Lipinski definition) is 4. The zero-order valence-corrected chi connectivity index (χ0v) is 25.4. The zero-order valence-electron chi connectivity index (χ0n) is 25.4. The second-order valence-electron chi connectivity index (χ2n) is 12.4. The Labute approximate surface area is 264 Å². The quantitative estimate of drug-likeness (QED) is 0.171. The van der Waals surface area contributed by atoms with E-state index in [1.54, 1.807) is 0 Å². The molecule has 0 spiro atoms. The van der Waals surface area contributed by atoms with Crippen LogP contribution >= 0.6 is 0 Å². The van der Waals surface area contributed by atoms with Crippen molar-refractivity contribution in [2.45, 2.75) is 62.1 Å². The van der Waals surface area contributed by atoms with Crippen LogP contribution in [0.15, 0.2) is 103 Å². The maximum atomic E-state index is 12.6. The first-order valence-electron chi connectivity index (χ1n) is 16.2. The number of hydrogen-bond acceptors (Lipinski definition) is 5. The van der Waals surface area contributed by atoms with Gasteiger partial charge in [-0.25, -0.2) is 0 Å². The van der Waals surface area contributed by atoms with Crippen molar-refractivity contribution in [3.05, 3.63) is 125 Å². The average Bonchev–Trinajstić information content (AvgIpc) is 3.43. The lowest BCUT2D eigenvalue weighted by Crippen LogP contribution is -2.35. The third-order valence-corrected chi connectivity index (χ3v) is 9.41. The number of carbonyl (C=O) groups is 2. The fraction of sp³-hybridized carbons (Fsp3) is 0.316. The van der Waals surface area contributed by atoms with E-state index in [4.69, 9.17) is 4.74 Å². The highest BCUT2D eigenvalue weighted by Gasteiger charge is 2.52. The van der Waals surface area contributed by atoms with Gasteiger partial charge in [0, 0.05) is 11.4 Å². The van der Waals surface area contributed by atoms with Gasteiger partial charge in [-0.15, -0.1) is 0 Å². The summed E-state index contributed by atoms with van der Waals surface area (Å²) < 4.78 is 6.06. The molecule has 7 heteroatoms. The van der Waals surface area contributed by atoms with Crippen LogP contribution in [0.4, 0.5) is 11.4 Å². The highest BCUT2D eigenvalue weighted by Crippen LogP contribution is 2.66. The first-order valence-corrected chi connectivity index (χ1v) is 16.2. The van der Waals surface area contributed by atoms with Gasteiger partial charge in [-0.3, -0.25) is 9.59 Å². The smallest absolute Gasteiger partial charge is 0.241 e. The number of carbonyl (C=O) groups excluding carboxylic acids is 2. The number of ether oxygens (including phenoxy) is 1. The topological polar surface area (TPSA) is 91.5 Å². The van der Waals surface area contributed by atoms with Crippen molar-refractivity contribution in [3.8, 4) is 5.75 Å². The Morgan fingerprint density at radius 2 is 1.04 bits per heavy atom. The molecule has 7 rings (SSSR count). The fourth-order valence-corrected chi connectivity index (χ4v) is 6.93. The molecular formula is C38H40N4O3. The molecule has 230 valence electrons. The zero-order chi connectivity index (χ0) is 30.6. The predicted molar refractivity (Wildman–Crippen MR) is 178 cm³/mol. The van der Waals surface area contributed by atoms with E-state index in [1.807, 2.05) is 42.5 Å². The molecule has 2 amide bonds. The molecule has 2 aliphatic heterocycles. The van der Waals surface area contributed by atoms with E-state index >= 15 is 0 Å². The van der Waals surface area contributed by atoms with E-state index in [0.717, 1.165) is 61.5 Å². The maximum Gasteiger partial charge on any atom is 0.241 e. The van der Waals surface area contributed by atoms with Crippen LogP contribution in [0.5, 0.6) is 5.75 Å². The van der Waals surface area contributed by atoms with Crippen LogP contribution < -0.4 is 26.0 Å². The van der Waals surface area contributed by atoms with Crippen molar-refractivity contribution in [3.63, 3.8) is 0 Å². The molecule has 0 radical (unpaired) electrons. The van der Waals surface area contributed by atoms with Crippen LogP contribution in [0.3, 0.4) is 0 Å². The maximum absolute atomic E-state index is 12.6. The number of benzene rings is 4.